The Hall–Kier alpha value is -1.74. The summed E-state index contributed by atoms with van der Waals surface area (Å²) in [5.74, 6) is -0.364. The first-order valence-electron chi connectivity index (χ1n) is 7.26. The molecule has 0 aliphatic rings. The van der Waals surface area contributed by atoms with Crippen molar-refractivity contribution >= 4 is 27.3 Å². The van der Waals surface area contributed by atoms with Crippen molar-refractivity contribution in [2.75, 3.05) is 20.6 Å². The molecular formula is C16H20N2O4S2. The molecule has 0 aliphatic carbocycles. The third-order valence-electron chi connectivity index (χ3n) is 3.56. The minimum Gasteiger partial charge on any atom is -0.386 e. The quantitative estimate of drug-likeness (QED) is 0.814. The summed E-state index contributed by atoms with van der Waals surface area (Å²) in [6.45, 7) is 2.00. The van der Waals surface area contributed by atoms with Gasteiger partial charge < -0.3 is 10.4 Å². The molecule has 130 valence electrons. The van der Waals surface area contributed by atoms with Crippen LogP contribution in [0.15, 0.2) is 40.6 Å². The zero-order valence-corrected chi connectivity index (χ0v) is 15.3. The fourth-order valence-electron chi connectivity index (χ4n) is 2.10. The van der Waals surface area contributed by atoms with Gasteiger partial charge in [-0.05, 0) is 48.2 Å². The average molecular weight is 368 g/mol. The molecule has 2 N–H and O–H groups in total. The van der Waals surface area contributed by atoms with Crippen LogP contribution in [-0.2, 0) is 10.0 Å². The number of amides is 1. The van der Waals surface area contributed by atoms with Crippen molar-refractivity contribution in [3.8, 4) is 0 Å². The van der Waals surface area contributed by atoms with E-state index < -0.39 is 16.1 Å². The van der Waals surface area contributed by atoms with Crippen LogP contribution in [-0.4, -0.2) is 44.4 Å². The average Bonchev–Trinajstić information content (AvgIpc) is 2.98. The molecule has 0 aliphatic heterocycles. The highest BCUT2D eigenvalue weighted by Crippen LogP contribution is 2.23. The van der Waals surface area contributed by atoms with Crippen molar-refractivity contribution in [2.24, 2.45) is 0 Å². The fraction of sp³-hybridized carbons (Fsp3) is 0.312. The normalized spacial score (nSPS) is 13.0. The van der Waals surface area contributed by atoms with Gasteiger partial charge in [-0.25, -0.2) is 12.7 Å². The lowest BCUT2D eigenvalue weighted by atomic mass is 10.2. The molecule has 6 nitrogen and oxygen atoms in total. The van der Waals surface area contributed by atoms with Crippen molar-refractivity contribution in [2.45, 2.75) is 17.9 Å². The van der Waals surface area contributed by atoms with E-state index in [4.69, 9.17) is 0 Å². The lowest BCUT2D eigenvalue weighted by Crippen LogP contribution is -2.28. The van der Waals surface area contributed by atoms with Crippen molar-refractivity contribution in [3.63, 3.8) is 0 Å². The zero-order chi connectivity index (χ0) is 17.9. The van der Waals surface area contributed by atoms with Crippen molar-refractivity contribution in [1.82, 2.24) is 9.62 Å². The van der Waals surface area contributed by atoms with Crippen LogP contribution in [0.4, 0.5) is 0 Å². The minimum absolute atomic E-state index is 0.0952. The van der Waals surface area contributed by atoms with E-state index in [0.29, 0.717) is 5.56 Å². The molecule has 24 heavy (non-hydrogen) atoms. The molecule has 2 aromatic rings. The van der Waals surface area contributed by atoms with Crippen LogP contribution in [0.1, 0.15) is 26.9 Å². The Morgan fingerprint density at radius 2 is 1.88 bits per heavy atom. The van der Waals surface area contributed by atoms with E-state index in [0.717, 1.165) is 14.7 Å². The predicted molar refractivity (Wildman–Crippen MR) is 93.7 cm³/mol. The molecule has 1 atom stereocenters. The summed E-state index contributed by atoms with van der Waals surface area (Å²) >= 11 is 1.44. The molecule has 0 fully saturated rings. The van der Waals surface area contributed by atoms with E-state index in [2.05, 4.69) is 5.32 Å². The first kappa shape index (κ1) is 18.6. The highest BCUT2D eigenvalue weighted by atomic mass is 32.2. The Bertz CT molecular complexity index is 811. The maximum Gasteiger partial charge on any atom is 0.251 e. The smallest absolute Gasteiger partial charge is 0.251 e. The number of aliphatic hydroxyl groups is 1. The second-order valence-corrected chi connectivity index (χ2v) is 8.61. The number of rotatable bonds is 6. The molecule has 1 aromatic carbocycles. The Morgan fingerprint density at radius 3 is 2.38 bits per heavy atom. The first-order chi connectivity index (χ1) is 11.2. The number of hydrogen-bond donors (Lipinski definition) is 2. The lowest BCUT2D eigenvalue weighted by molar-refractivity contribution is 0.0917. The molecule has 1 heterocycles. The van der Waals surface area contributed by atoms with E-state index in [-0.39, 0.29) is 17.3 Å². The fourth-order valence-corrected chi connectivity index (χ4v) is 3.91. The van der Waals surface area contributed by atoms with Gasteiger partial charge in [0, 0.05) is 31.1 Å². The van der Waals surface area contributed by atoms with E-state index in [9.17, 15) is 18.3 Å². The molecule has 1 amide bonds. The van der Waals surface area contributed by atoms with Gasteiger partial charge in [0.1, 0.15) is 6.10 Å². The number of benzene rings is 1. The Morgan fingerprint density at radius 1 is 1.25 bits per heavy atom. The van der Waals surface area contributed by atoms with Gasteiger partial charge >= 0.3 is 0 Å². The number of thiophene rings is 1. The number of sulfonamides is 1. The number of carbonyl (C=O) groups excluding carboxylic acids is 1. The molecular weight excluding hydrogens is 348 g/mol. The summed E-state index contributed by atoms with van der Waals surface area (Å²) < 4.78 is 25.1. The van der Waals surface area contributed by atoms with Crippen molar-refractivity contribution in [3.05, 3.63) is 51.7 Å². The van der Waals surface area contributed by atoms with Gasteiger partial charge in [-0.2, -0.15) is 0 Å². The number of hydrogen-bond acceptors (Lipinski definition) is 5. The molecule has 1 aromatic heterocycles. The van der Waals surface area contributed by atoms with E-state index in [1.165, 1.54) is 49.7 Å². The summed E-state index contributed by atoms with van der Waals surface area (Å²) in [5, 5.41) is 14.7. The molecule has 0 saturated carbocycles. The summed E-state index contributed by atoms with van der Waals surface area (Å²) in [5.41, 5.74) is 1.32. The molecule has 0 bridgehead atoms. The minimum atomic E-state index is -3.52. The van der Waals surface area contributed by atoms with Gasteiger partial charge in [-0.15, -0.1) is 11.3 Å². The summed E-state index contributed by atoms with van der Waals surface area (Å²) in [6.07, 6.45) is -0.762. The van der Waals surface area contributed by atoms with Gasteiger partial charge in [-0.1, -0.05) is 0 Å². The number of nitrogens with zero attached hydrogens (tertiary/aromatic N) is 1. The molecule has 8 heteroatoms. The number of aryl methyl sites for hydroxylation is 1. The second kappa shape index (κ2) is 7.43. The number of nitrogens with one attached hydrogen (secondary N) is 1. The SMILES string of the molecule is Cc1ccsc1[C@H](O)CNC(=O)c1ccc(S(=O)(=O)N(C)C)cc1. The van der Waals surface area contributed by atoms with Crippen molar-refractivity contribution in [1.29, 1.82) is 0 Å². The Kier molecular flexibility index (Phi) is 5.76. The van der Waals surface area contributed by atoms with E-state index in [1.807, 2.05) is 18.4 Å². The highest BCUT2D eigenvalue weighted by molar-refractivity contribution is 7.89. The maximum atomic E-state index is 12.1. The lowest BCUT2D eigenvalue weighted by Gasteiger charge is -2.13. The largest absolute Gasteiger partial charge is 0.386 e. The third-order valence-corrected chi connectivity index (χ3v) is 6.50. The highest BCUT2D eigenvalue weighted by Gasteiger charge is 2.18. The third kappa shape index (κ3) is 4.02. The van der Waals surface area contributed by atoms with Gasteiger partial charge in [0.25, 0.3) is 5.91 Å². The van der Waals surface area contributed by atoms with Crippen LogP contribution in [0, 0.1) is 6.92 Å². The van der Waals surface area contributed by atoms with E-state index in [1.54, 1.807) is 0 Å². The van der Waals surface area contributed by atoms with Gasteiger partial charge in [-0.3, -0.25) is 4.79 Å². The van der Waals surface area contributed by atoms with Crippen LogP contribution in [0.25, 0.3) is 0 Å². The van der Waals surface area contributed by atoms with Crippen LogP contribution >= 0.6 is 11.3 Å². The maximum absolute atomic E-state index is 12.1. The first-order valence-corrected chi connectivity index (χ1v) is 9.58. The summed E-state index contributed by atoms with van der Waals surface area (Å²) in [4.78, 5) is 13.1. The summed E-state index contributed by atoms with van der Waals surface area (Å²) in [7, 11) is -0.620. The van der Waals surface area contributed by atoms with E-state index >= 15 is 0 Å². The molecule has 0 radical (unpaired) electrons. The monoisotopic (exact) mass is 368 g/mol. The van der Waals surface area contributed by atoms with Gasteiger partial charge in [0.2, 0.25) is 10.0 Å². The zero-order valence-electron chi connectivity index (χ0n) is 13.7. The van der Waals surface area contributed by atoms with Gasteiger partial charge in [0.15, 0.2) is 0 Å². The van der Waals surface area contributed by atoms with Crippen LogP contribution < -0.4 is 5.32 Å². The van der Waals surface area contributed by atoms with Crippen LogP contribution in [0.5, 0.6) is 0 Å². The Labute approximate surface area is 145 Å². The number of carbonyl (C=O) groups is 1. The topological polar surface area (TPSA) is 86.7 Å². The van der Waals surface area contributed by atoms with Gasteiger partial charge in [0.05, 0.1) is 4.90 Å². The molecule has 0 spiro atoms. The second-order valence-electron chi connectivity index (χ2n) is 5.51. The molecule has 2 rings (SSSR count). The van der Waals surface area contributed by atoms with Crippen molar-refractivity contribution < 1.29 is 18.3 Å². The standard InChI is InChI=1S/C16H20N2O4S2/c1-11-8-9-23-15(11)14(19)10-17-16(20)12-4-6-13(7-5-12)24(21,22)18(2)3/h4-9,14,19H,10H2,1-3H3,(H,17,20)/t14-/m1/s1. The number of aliphatic hydroxyl groups excluding tert-OH is 1. The summed E-state index contributed by atoms with van der Waals surface area (Å²) in [6, 6.07) is 7.60. The molecule has 0 saturated heterocycles. The van der Waals surface area contributed by atoms with Crippen LogP contribution in [0.3, 0.4) is 0 Å². The van der Waals surface area contributed by atoms with Crippen LogP contribution in [0.2, 0.25) is 0 Å². The molecule has 0 unspecified atom stereocenters. The predicted octanol–water partition coefficient (Wildman–Crippen LogP) is 1.77. The Balaban J connectivity index is 2.02.